The van der Waals surface area contributed by atoms with Gasteiger partial charge in [-0.25, -0.2) is 0 Å². The van der Waals surface area contributed by atoms with E-state index in [0.29, 0.717) is 17.8 Å². The van der Waals surface area contributed by atoms with E-state index in [4.69, 9.17) is 0 Å². The molecule has 0 aromatic heterocycles. The number of unbranched alkanes of at least 4 members (excludes halogenated alkanes) is 3. The molecular weight excluding hydrogens is 372 g/mol. The molecule has 4 heteroatoms. The van der Waals surface area contributed by atoms with Crippen molar-refractivity contribution in [1.82, 2.24) is 5.32 Å². The van der Waals surface area contributed by atoms with Crippen molar-refractivity contribution in [2.75, 3.05) is 6.54 Å². The van der Waals surface area contributed by atoms with Crippen LogP contribution in [0.25, 0.3) is 11.1 Å². The van der Waals surface area contributed by atoms with Crippen molar-refractivity contribution in [3.8, 4) is 11.1 Å². The molecule has 2 N–H and O–H groups in total. The number of amides is 1. The molecule has 0 aliphatic rings. The molecule has 3 aromatic carbocycles. The average Bonchev–Trinajstić information content (AvgIpc) is 2.80. The molecule has 3 aromatic rings. The van der Waals surface area contributed by atoms with Gasteiger partial charge in [0.2, 0.25) is 6.21 Å². The molecule has 154 valence electrons. The quantitative estimate of drug-likeness (QED) is 0.156. The zero-order valence-corrected chi connectivity index (χ0v) is 17.4. The molecule has 0 saturated heterocycles. The van der Waals surface area contributed by atoms with Gasteiger partial charge < -0.3 is 5.32 Å². The highest BCUT2D eigenvalue weighted by Gasteiger charge is 2.11. The monoisotopic (exact) mass is 401 g/mol. The van der Waals surface area contributed by atoms with Crippen LogP contribution in [0.3, 0.4) is 0 Å². The summed E-state index contributed by atoms with van der Waals surface area (Å²) in [5.74, 6) is -0.0805. The summed E-state index contributed by atoms with van der Waals surface area (Å²) in [5, 5.41) is 13.3. The van der Waals surface area contributed by atoms with E-state index in [9.17, 15) is 10.0 Å². The molecule has 0 saturated carbocycles. The van der Waals surface area contributed by atoms with Gasteiger partial charge in [0.1, 0.15) is 0 Å². The van der Waals surface area contributed by atoms with Crippen LogP contribution in [0.15, 0.2) is 78.9 Å². The smallest absolute Gasteiger partial charge is 0.257 e. The van der Waals surface area contributed by atoms with Crippen LogP contribution in [-0.4, -0.2) is 28.6 Å². The predicted octanol–water partition coefficient (Wildman–Crippen LogP) is 5.82. The normalized spacial score (nSPS) is 11.3. The minimum absolute atomic E-state index is 0.0805. The van der Waals surface area contributed by atoms with Crippen molar-refractivity contribution in [2.45, 2.75) is 32.6 Å². The molecule has 30 heavy (non-hydrogen) atoms. The van der Waals surface area contributed by atoms with Gasteiger partial charge in [0.15, 0.2) is 0 Å². The molecule has 0 fully saturated rings. The molecule has 0 unspecified atom stereocenters. The topological polar surface area (TPSA) is 52.3 Å². The van der Waals surface area contributed by atoms with Crippen molar-refractivity contribution in [1.29, 1.82) is 0 Å². The van der Waals surface area contributed by atoms with Crippen LogP contribution in [0.2, 0.25) is 0 Å². The Bertz CT molecular complexity index is 962. The number of nitrogens with one attached hydrogen (secondary N) is 1. The number of hydrogen-bond acceptors (Lipinski definition) is 2. The summed E-state index contributed by atoms with van der Waals surface area (Å²) in [6.07, 6.45) is 6.17. The van der Waals surface area contributed by atoms with Gasteiger partial charge in [0.25, 0.3) is 11.6 Å². The van der Waals surface area contributed by atoms with Gasteiger partial charge >= 0.3 is 0 Å². The second-order valence-electron chi connectivity index (χ2n) is 7.33. The molecule has 4 nitrogen and oxygen atoms in total. The average molecular weight is 402 g/mol. The zero-order valence-electron chi connectivity index (χ0n) is 17.4. The van der Waals surface area contributed by atoms with Crippen molar-refractivity contribution in [3.05, 3.63) is 90.0 Å². The third-order valence-electron chi connectivity index (χ3n) is 5.00. The first-order chi connectivity index (χ1) is 14.7. The lowest BCUT2D eigenvalue weighted by molar-refractivity contribution is -0.709. The Labute approximate surface area is 178 Å². The van der Waals surface area contributed by atoms with Crippen LogP contribution in [0.1, 0.15) is 48.5 Å². The summed E-state index contributed by atoms with van der Waals surface area (Å²) in [6, 6.07) is 25.1. The molecular formula is C26H29N2O2+. The largest absolute Gasteiger partial charge is 0.352 e. The fourth-order valence-electron chi connectivity index (χ4n) is 3.23. The minimum atomic E-state index is -0.0805. The van der Waals surface area contributed by atoms with Crippen LogP contribution >= 0.6 is 0 Å². The van der Waals surface area contributed by atoms with Crippen molar-refractivity contribution in [2.24, 2.45) is 0 Å². The number of carbonyl (C=O) groups is 1. The van der Waals surface area contributed by atoms with E-state index < -0.39 is 0 Å². The summed E-state index contributed by atoms with van der Waals surface area (Å²) < 4.78 is 1.07. The fourth-order valence-corrected chi connectivity index (χ4v) is 3.23. The number of benzene rings is 3. The van der Waals surface area contributed by atoms with Gasteiger partial charge in [0, 0.05) is 34.5 Å². The highest BCUT2D eigenvalue weighted by molar-refractivity contribution is 5.94. The highest BCUT2D eigenvalue weighted by atomic mass is 16.5. The molecule has 1 amide bonds. The molecule has 0 aliphatic heterocycles. The zero-order chi connectivity index (χ0) is 21.2. The molecule has 0 spiro atoms. The first kappa shape index (κ1) is 21.3. The predicted molar refractivity (Wildman–Crippen MR) is 122 cm³/mol. The number of nitrogens with zero attached hydrogens (tertiary/aromatic N) is 1. The summed E-state index contributed by atoms with van der Waals surface area (Å²) in [6.45, 7) is 2.86. The van der Waals surface area contributed by atoms with Crippen molar-refractivity contribution in [3.63, 3.8) is 0 Å². The molecule has 0 atom stereocenters. The Morgan fingerprint density at radius 2 is 1.53 bits per heavy atom. The van der Waals surface area contributed by atoms with Gasteiger partial charge in [-0.05, 0) is 41.8 Å². The molecule has 0 radical (unpaired) electrons. The number of rotatable bonds is 9. The minimum Gasteiger partial charge on any atom is -0.352 e. The maximum Gasteiger partial charge on any atom is 0.257 e. The van der Waals surface area contributed by atoms with E-state index in [1.165, 1.54) is 12.8 Å². The van der Waals surface area contributed by atoms with E-state index in [1.54, 1.807) is 30.5 Å². The number of hydrogen-bond donors (Lipinski definition) is 2. The van der Waals surface area contributed by atoms with Crippen LogP contribution in [0.4, 0.5) is 5.69 Å². The van der Waals surface area contributed by atoms with Crippen molar-refractivity contribution < 1.29 is 14.7 Å². The van der Waals surface area contributed by atoms with E-state index in [0.717, 1.165) is 34.3 Å². The lowest BCUT2D eigenvalue weighted by Crippen LogP contribution is -2.24. The second kappa shape index (κ2) is 11.0. The van der Waals surface area contributed by atoms with Gasteiger partial charge in [-0.2, -0.15) is 0 Å². The summed E-state index contributed by atoms with van der Waals surface area (Å²) in [7, 11) is 0. The van der Waals surface area contributed by atoms with Gasteiger partial charge in [-0.15, -0.1) is 0 Å². The SMILES string of the molecule is CCCCCCNC(=O)c1ccc([N+](O)=Cc2ccc(-c3ccccc3)cc2)cc1. The van der Waals surface area contributed by atoms with Crippen LogP contribution < -0.4 is 5.32 Å². The van der Waals surface area contributed by atoms with Crippen LogP contribution in [0, 0.1) is 0 Å². The molecule has 0 bridgehead atoms. The maximum atomic E-state index is 12.2. The molecule has 0 aliphatic carbocycles. The summed E-state index contributed by atoms with van der Waals surface area (Å²) >= 11 is 0. The Balaban J connectivity index is 1.60. The van der Waals surface area contributed by atoms with Crippen LogP contribution in [-0.2, 0) is 0 Å². The standard InChI is InChI=1S/C26H28N2O2/c1-2-3-4-8-19-27-26(29)24-15-17-25(18-16-24)28(30)20-21-11-13-23(14-12-21)22-9-6-5-7-10-22/h5-7,9-18,20H,2-4,8,19H2,1H3,(H-,27,29,30)/p+1. The number of carbonyl (C=O) groups excluding carboxylic acids is 1. The van der Waals surface area contributed by atoms with E-state index in [2.05, 4.69) is 24.4 Å². The fraction of sp³-hybridized carbons (Fsp3) is 0.231. The first-order valence-electron chi connectivity index (χ1n) is 10.5. The Kier molecular flexibility index (Phi) is 7.78. The first-order valence-corrected chi connectivity index (χ1v) is 10.5. The maximum absolute atomic E-state index is 12.2. The van der Waals surface area contributed by atoms with Crippen LogP contribution in [0.5, 0.6) is 0 Å². The van der Waals surface area contributed by atoms with Gasteiger partial charge in [-0.1, -0.05) is 68.7 Å². The molecule has 0 heterocycles. The van der Waals surface area contributed by atoms with Crippen molar-refractivity contribution >= 4 is 17.8 Å². The van der Waals surface area contributed by atoms with Gasteiger partial charge in [-0.3, -0.25) is 10.0 Å². The third kappa shape index (κ3) is 6.05. The summed E-state index contributed by atoms with van der Waals surface area (Å²) in [5.41, 5.74) is 4.36. The Morgan fingerprint density at radius 1 is 0.867 bits per heavy atom. The Hall–Kier alpha value is -3.40. The Morgan fingerprint density at radius 3 is 2.20 bits per heavy atom. The lowest BCUT2D eigenvalue weighted by atomic mass is 10.0. The third-order valence-corrected chi connectivity index (χ3v) is 5.00. The molecule has 3 rings (SSSR count). The van der Waals surface area contributed by atoms with E-state index >= 15 is 0 Å². The van der Waals surface area contributed by atoms with E-state index in [-0.39, 0.29) is 5.91 Å². The van der Waals surface area contributed by atoms with E-state index in [1.807, 2.05) is 42.5 Å². The lowest BCUT2D eigenvalue weighted by Gasteiger charge is -2.05. The highest BCUT2D eigenvalue weighted by Crippen LogP contribution is 2.19. The summed E-state index contributed by atoms with van der Waals surface area (Å²) in [4.78, 5) is 12.2. The second-order valence-corrected chi connectivity index (χ2v) is 7.33. The van der Waals surface area contributed by atoms with Gasteiger partial charge in [0.05, 0.1) is 0 Å².